The van der Waals surface area contributed by atoms with E-state index in [1.807, 2.05) is 44.2 Å². The van der Waals surface area contributed by atoms with E-state index in [0.29, 0.717) is 37.3 Å². The van der Waals surface area contributed by atoms with Gasteiger partial charge in [0.05, 0.1) is 12.7 Å². The van der Waals surface area contributed by atoms with E-state index in [2.05, 4.69) is 19.9 Å². The summed E-state index contributed by atoms with van der Waals surface area (Å²) in [6.07, 6.45) is 0.957. The van der Waals surface area contributed by atoms with Crippen molar-refractivity contribution >= 4 is 5.91 Å². The van der Waals surface area contributed by atoms with Crippen LogP contribution in [0.1, 0.15) is 57.3 Å². The Bertz CT molecular complexity index is 848. The summed E-state index contributed by atoms with van der Waals surface area (Å²) in [4.78, 5) is 14.0. The van der Waals surface area contributed by atoms with Crippen molar-refractivity contribution in [3.63, 3.8) is 0 Å². The minimum absolute atomic E-state index is 0.00786. The van der Waals surface area contributed by atoms with E-state index in [0.717, 1.165) is 17.5 Å². The monoisotopic (exact) mass is 427 g/mol. The molecule has 4 nitrogen and oxygen atoms in total. The van der Waals surface area contributed by atoms with Crippen molar-refractivity contribution < 1.29 is 18.7 Å². The fourth-order valence-electron chi connectivity index (χ4n) is 4.39. The first-order valence-electron chi connectivity index (χ1n) is 11.3. The zero-order valence-corrected chi connectivity index (χ0v) is 19.0. The second-order valence-corrected chi connectivity index (χ2v) is 8.57. The van der Waals surface area contributed by atoms with E-state index in [-0.39, 0.29) is 30.4 Å². The number of rotatable bonds is 8. The summed E-state index contributed by atoms with van der Waals surface area (Å²) in [5.41, 5.74) is 2.20. The molecule has 1 amide bonds. The lowest BCUT2D eigenvalue weighted by Crippen LogP contribution is -2.34. The summed E-state index contributed by atoms with van der Waals surface area (Å²) in [5, 5.41) is 0. The molecule has 2 aromatic carbocycles. The van der Waals surface area contributed by atoms with Gasteiger partial charge in [-0.15, -0.1) is 0 Å². The molecule has 168 valence electrons. The quantitative estimate of drug-likeness (QED) is 0.551. The van der Waals surface area contributed by atoms with Crippen LogP contribution in [0.25, 0.3) is 0 Å². The number of nitrogens with zero attached hydrogens (tertiary/aromatic N) is 1. The van der Waals surface area contributed by atoms with E-state index >= 15 is 0 Å². The van der Waals surface area contributed by atoms with Crippen LogP contribution in [0, 0.1) is 17.7 Å². The van der Waals surface area contributed by atoms with Crippen molar-refractivity contribution in [2.75, 3.05) is 26.3 Å². The highest BCUT2D eigenvalue weighted by atomic mass is 19.1. The molecule has 1 saturated heterocycles. The van der Waals surface area contributed by atoms with Crippen LogP contribution in [0.4, 0.5) is 4.39 Å². The fraction of sp³-hybridized carbons (Fsp3) is 0.500. The first kappa shape index (κ1) is 23.3. The van der Waals surface area contributed by atoms with Gasteiger partial charge in [0, 0.05) is 19.0 Å². The predicted molar refractivity (Wildman–Crippen MR) is 121 cm³/mol. The molecule has 1 aliphatic heterocycles. The van der Waals surface area contributed by atoms with Crippen molar-refractivity contribution in [1.82, 2.24) is 4.90 Å². The normalized spacial score (nSPS) is 21.2. The molecule has 5 heteroatoms. The van der Waals surface area contributed by atoms with Crippen LogP contribution in [0.2, 0.25) is 0 Å². The van der Waals surface area contributed by atoms with Crippen molar-refractivity contribution in [1.29, 1.82) is 0 Å². The van der Waals surface area contributed by atoms with Crippen molar-refractivity contribution in [2.24, 2.45) is 11.8 Å². The van der Waals surface area contributed by atoms with E-state index in [9.17, 15) is 9.18 Å². The Morgan fingerprint density at radius 2 is 1.84 bits per heavy atom. The Hall–Kier alpha value is -2.40. The number of hydrogen-bond acceptors (Lipinski definition) is 3. The van der Waals surface area contributed by atoms with Crippen molar-refractivity contribution in [2.45, 2.75) is 46.1 Å². The molecule has 0 bridgehead atoms. The van der Waals surface area contributed by atoms with Crippen LogP contribution in [-0.2, 0) is 9.53 Å². The van der Waals surface area contributed by atoms with Gasteiger partial charge < -0.3 is 14.4 Å². The Morgan fingerprint density at radius 1 is 1.13 bits per heavy atom. The molecule has 0 spiro atoms. The summed E-state index contributed by atoms with van der Waals surface area (Å²) < 4.78 is 25.5. The average molecular weight is 428 g/mol. The SMILES string of the molecule is CCN(CC)C(=O)COc1cccc([C@@H]2OC[C@@H](c3ccc(F)cc3)C[C@H]2C(C)C)c1. The summed E-state index contributed by atoms with van der Waals surface area (Å²) in [6.45, 7) is 10.4. The second-order valence-electron chi connectivity index (χ2n) is 8.57. The fourth-order valence-corrected chi connectivity index (χ4v) is 4.39. The van der Waals surface area contributed by atoms with Gasteiger partial charge in [-0.2, -0.15) is 0 Å². The lowest BCUT2D eigenvalue weighted by molar-refractivity contribution is -0.132. The number of amides is 1. The summed E-state index contributed by atoms with van der Waals surface area (Å²) >= 11 is 0. The van der Waals surface area contributed by atoms with Gasteiger partial charge in [0.2, 0.25) is 0 Å². The van der Waals surface area contributed by atoms with Gasteiger partial charge in [0.1, 0.15) is 11.6 Å². The number of ether oxygens (including phenoxy) is 2. The van der Waals surface area contributed by atoms with E-state index in [1.54, 1.807) is 4.90 Å². The molecular formula is C26H34FNO3. The molecule has 0 N–H and O–H groups in total. The number of likely N-dealkylation sites (N-methyl/N-ethyl adjacent to an activating group) is 1. The van der Waals surface area contributed by atoms with Gasteiger partial charge in [-0.1, -0.05) is 38.1 Å². The minimum atomic E-state index is -0.213. The van der Waals surface area contributed by atoms with Crippen molar-refractivity contribution in [3.05, 3.63) is 65.5 Å². The summed E-state index contributed by atoms with van der Waals surface area (Å²) in [7, 11) is 0. The molecule has 31 heavy (non-hydrogen) atoms. The molecule has 3 rings (SSSR count). The second kappa shape index (κ2) is 10.8. The maximum atomic E-state index is 13.3. The number of benzene rings is 2. The maximum Gasteiger partial charge on any atom is 0.260 e. The van der Waals surface area contributed by atoms with Gasteiger partial charge in [-0.05, 0) is 67.5 Å². The predicted octanol–water partition coefficient (Wildman–Crippen LogP) is 5.59. The molecule has 1 aliphatic rings. The highest BCUT2D eigenvalue weighted by Crippen LogP contribution is 2.43. The number of carbonyl (C=O) groups is 1. The number of hydrogen-bond donors (Lipinski definition) is 0. The Kier molecular flexibility index (Phi) is 8.08. The van der Waals surface area contributed by atoms with Gasteiger partial charge in [-0.25, -0.2) is 4.39 Å². The van der Waals surface area contributed by atoms with E-state index < -0.39 is 0 Å². The van der Waals surface area contributed by atoms with Gasteiger partial charge >= 0.3 is 0 Å². The highest BCUT2D eigenvalue weighted by molar-refractivity contribution is 5.77. The molecule has 0 radical (unpaired) electrons. The minimum Gasteiger partial charge on any atom is -0.484 e. The molecular weight excluding hydrogens is 393 g/mol. The molecule has 0 unspecified atom stereocenters. The largest absolute Gasteiger partial charge is 0.484 e. The zero-order chi connectivity index (χ0) is 22.4. The molecule has 3 atom stereocenters. The van der Waals surface area contributed by atoms with Crippen LogP contribution in [0.3, 0.4) is 0 Å². The molecule has 0 saturated carbocycles. The summed E-state index contributed by atoms with van der Waals surface area (Å²) in [6, 6.07) is 14.7. The van der Waals surface area contributed by atoms with Gasteiger partial charge in [0.15, 0.2) is 6.61 Å². The Balaban J connectivity index is 1.70. The van der Waals surface area contributed by atoms with Crippen LogP contribution in [0.5, 0.6) is 5.75 Å². The van der Waals surface area contributed by atoms with Crippen LogP contribution < -0.4 is 4.74 Å². The summed E-state index contributed by atoms with van der Waals surface area (Å²) in [5.74, 6) is 1.49. The third-order valence-electron chi connectivity index (χ3n) is 6.29. The standard InChI is InChI=1S/C26H34FNO3/c1-5-28(6-2)25(29)17-30-23-9-7-8-20(14-23)26-24(18(3)4)15-21(16-31-26)19-10-12-22(27)13-11-19/h7-14,18,21,24,26H,5-6,15-17H2,1-4H3/t21-,24-,26-/m0/s1. The zero-order valence-electron chi connectivity index (χ0n) is 19.0. The molecule has 1 heterocycles. The smallest absolute Gasteiger partial charge is 0.260 e. The topological polar surface area (TPSA) is 38.8 Å². The third-order valence-corrected chi connectivity index (χ3v) is 6.29. The Labute approximate surface area is 185 Å². The van der Waals surface area contributed by atoms with E-state index in [4.69, 9.17) is 9.47 Å². The van der Waals surface area contributed by atoms with Crippen LogP contribution in [0.15, 0.2) is 48.5 Å². The molecule has 2 aromatic rings. The first-order chi connectivity index (χ1) is 14.9. The van der Waals surface area contributed by atoms with Crippen LogP contribution in [-0.4, -0.2) is 37.1 Å². The van der Waals surface area contributed by atoms with Crippen molar-refractivity contribution in [3.8, 4) is 5.75 Å². The lowest BCUT2D eigenvalue weighted by atomic mass is 9.76. The van der Waals surface area contributed by atoms with E-state index in [1.165, 1.54) is 12.1 Å². The lowest BCUT2D eigenvalue weighted by Gasteiger charge is -2.39. The maximum absolute atomic E-state index is 13.3. The molecule has 0 aromatic heterocycles. The van der Waals surface area contributed by atoms with Crippen LogP contribution >= 0.6 is 0 Å². The van der Waals surface area contributed by atoms with Gasteiger partial charge in [-0.3, -0.25) is 4.79 Å². The average Bonchev–Trinajstić information content (AvgIpc) is 2.79. The molecule has 0 aliphatic carbocycles. The third kappa shape index (κ3) is 5.85. The first-order valence-corrected chi connectivity index (χ1v) is 11.3. The highest BCUT2D eigenvalue weighted by Gasteiger charge is 2.35. The van der Waals surface area contributed by atoms with Gasteiger partial charge in [0.25, 0.3) is 5.91 Å². The Morgan fingerprint density at radius 3 is 2.48 bits per heavy atom. The number of halogens is 1. The molecule has 1 fully saturated rings. The number of carbonyl (C=O) groups excluding carboxylic acids is 1.